The second-order valence-corrected chi connectivity index (χ2v) is 6.35. The molecule has 0 fully saturated rings. The number of nitrogens with zero attached hydrogens (tertiary/aromatic N) is 2. The summed E-state index contributed by atoms with van der Waals surface area (Å²) in [6, 6.07) is 9.30. The number of amides is 1. The van der Waals surface area contributed by atoms with Crippen molar-refractivity contribution in [1.82, 2.24) is 9.47 Å². The Morgan fingerprint density at radius 1 is 1.11 bits per heavy atom. The number of carbonyl (C=O) groups is 1. The van der Waals surface area contributed by atoms with E-state index in [-0.39, 0.29) is 17.0 Å². The summed E-state index contributed by atoms with van der Waals surface area (Å²) < 4.78 is 12.9. The minimum Gasteiger partial charge on any atom is -0.490 e. The maximum Gasteiger partial charge on any atom is 0.263 e. The van der Waals surface area contributed by atoms with Crippen molar-refractivity contribution in [3.05, 3.63) is 57.5 Å². The first-order chi connectivity index (χ1) is 12.9. The summed E-state index contributed by atoms with van der Waals surface area (Å²) in [7, 11) is 1.68. The number of rotatable bonds is 8. The molecule has 146 valence electrons. The highest BCUT2D eigenvalue weighted by Gasteiger charge is 2.20. The van der Waals surface area contributed by atoms with Crippen LogP contribution in [0.4, 0.5) is 0 Å². The number of aromatic nitrogens is 1. The van der Waals surface area contributed by atoms with E-state index in [0.29, 0.717) is 43.4 Å². The molecule has 0 radical (unpaired) electrons. The highest BCUT2D eigenvalue weighted by atomic mass is 16.5. The molecule has 0 N–H and O–H groups in total. The second-order valence-electron chi connectivity index (χ2n) is 6.35. The van der Waals surface area contributed by atoms with Crippen molar-refractivity contribution in [2.75, 3.05) is 26.8 Å². The molecular weight excluding hydrogens is 344 g/mol. The van der Waals surface area contributed by atoms with Crippen LogP contribution < -0.4 is 15.0 Å². The van der Waals surface area contributed by atoms with E-state index in [1.807, 2.05) is 51.1 Å². The molecule has 6 heteroatoms. The molecule has 0 atom stereocenters. The van der Waals surface area contributed by atoms with Crippen molar-refractivity contribution in [2.45, 2.75) is 34.2 Å². The van der Waals surface area contributed by atoms with Crippen LogP contribution in [0.25, 0.3) is 0 Å². The minimum atomic E-state index is -0.290. The smallest absolute Gasteiger partial charge is 0.263 e. The maximum atomic E-state index is 12.8. The zero-order valence-corrected chi connectivity index (χ0v) is 16.7. The number of ether oxygens (including phenoxy) is 2. The predicted molar refractivity (Wildman–Crippen MR) is 106 cm³/mol. The van der Waals surface area contributed by atoms with Crippen molar-refractivity contribution in [1.29, 1.82) is 0 Å². The Bertz CT molecular complexity index is 858. The monoisotopic (exact) mass is 372 g/mol. The van der Waals surface area contributed by atoms with Gasteiger partial charge in [0, 0.05) is 19.3 Å². The highest BCUT2D eigenvalue weighted by Crippen LogP contribution is 2.26. The quantitative estimate of drug-likeness (QED) is 0.715. The third-order valence-corrected chi connectivity index (χ3v) is 4.41. The fourth-order valence-electron chi connectivity index (χ4n) is 3.01. The first-order valence-corrected chi connectivity index (χ1v) is 9.21. The summed E-state index contributed by atoms with van der Waals surface area (Å²) in [5.41, 5.74) is 1.53. The van der Waals surface area contributed by atoms with Crippen molar-refractivity contribution in [3.63, 3.8) is 0 Å². The van der Waals surface area contributed by atoms with E-state index in [1.165, 1.54) is 4.90 Å². The zero-order valence-electron chi connectivity index (χ0n) is 16.7. The van der Waals surface area contributed by atoms with Gasteiger partial charge in [0.25, 0.3) is 11.5 Å². The molecule has 1 aromatic carbocycles. The van der Waals surface area contributed by atoms with Crippen LogP contribution in [-0.2, 0) is 6.54 Å². The molecule has 0 saturated heterocycles. The van der Waals surface area contributed by atoms with Gasteiger partial charge in [0.2, 0.25) is 0 Å². The van der Waals surface area contributed by atoms with Crippen LogP contribution in [0.3, 0.4) is 0 Å². The number of benzene rings is 1. The molecule has 1 amide bonds. The molecule has 0 aliphatic heterocycles. The van der Waals surface area contributed by atoms with Crippen LogP contribution in [0.5, 0.6) is 11.5 Å². The fourth-order valence-corrected chi connectivity index (χ4v) is 3.01. The van der Waals surface area contributed by atoms with Crippen LogP contribution in [0.15, 0.2) is 35.1 Å². The van der Waals surface area contributed by atoms with Crippen LogP contribution in [0, 0.1) is 13.8 Å². The number of aryl methyl sites for hydroxylation is 2. The molecular formula is C21H28N2O4. The van der Waals surface area contributed by atoms with Gasteiger partial charge in [-0.2, -0.15) is 0 Å². The van der Waals surface area contributed by atoms with Crippen LogP contribution in [0.1, 0.15) is 35.5 Å². The fraction of sp³-hybridized carbons (Fsp3) is 0.429. The molecule has 27 heavy (non-hydrogen) atoms. The Morgan fingerprint density at radius 3 is 2.33 bits per heavy atom. The Labute approximate surface area is 160 Å². The van der Waals surface area contributed by atoms with Crippen LogP contribution in [-0.4, -0.2) is 42.2 Å². The average molecular weight is 372 g/mol. The molecule has 0 spiro atoms. The molecule has 1 heterocycles. The number of hydrogen-bond acceptors (Lipinski definition) is 4. The van der Waals surface area contributed by atoms with E-state index in [9.17, 15) is 9.59 Å². The average Bonchev–Trinajstić information content (AvgIpc) is 2.63. The number of carbonyl (C=O) groups excluding carboxylic acids is 1. The molecule has 0 aliphatic rings. The van der Waals surface area contributed by atoms with Crippen molar-refractivity contribution >= 4 is 5.91 Å². The molecule has 1 aromatic heterocycles. The van der Waals surface area contributed by atoms with E-state index in [1.54, 1.807) is 18.5 Å². The van der Waals surface area contributed by atoms with E-state index in [0.717, 1.165) is 5.69 Å². The topological polar surface area (TPSA) is 60.8 Å². The van der Waals surface area contributed by atoms with Gasteiger partial charge in [0.05, 0.1) is 13.2 Å². The van der Waals surface area contributed by atoms with Gasteiger partial charge in [-0.1, -0.05) is 12.1 Å². The maximum absolute atomic E-state index is 12.8. The summed E-state index contributed by atoms with van der Waals surface area (Å²) >= 11 is 0. The lowest BCUT2D eigenvalue weighted by Gasteiger charge is -2.20. The molecule has 0 aliphatic carbocycles. The zero-order chi connectivity index (χ0) is 20.0. The third kappa shape index (κ3) is 4.70. The van der Waals surface area contributed by atoms with Gasteiger partial charge >= 0.3 is 0 Å². The predicted octanol–water partition coefficient (Wildman–Crippen LogP) is 3.03. The van der Waals surface area contributed by atoms with Crippen molar-refractivity contribution in [3.8, 4) is 11.5 Å². The number of hydrogen-bond donors (Lipinski definition) is 0. The van der Waals surface area contributed by atoms with E-state index < -0.39 is 0 Å². The largest absolute Gasteiger partial charge is 0.490 e. The van der Waals surface area contributed by atoms with E-state index >= 15 is 0 Å². The Balaban J connectivity index is 2.08. The van der Waals surface area contributed by atoms with Crippen LogP contribution >= 0.6 is 0 Å². The molecule has 6 nitrogen and oxygen atoms in total. The lowest BCUT2D eigenvalue weighted by Crippen LogP contribution is -2.37. The number of pyridine rings is 1. The SMILES string of the molecule is CCOc1ccccc1OCCN(C)C(=O)c1c(C)cc(C)n(CC)c1=O. The van der Waals surface area contributed by atoms with Gasteiger partial charge in [0.15, 0.2) is 11.5 Å². The normalized spacial score (nSPS) is 10.6. The molecule has 0 bridgehead atoms. The summed E-state index contributed by atoms with van der Waals surface area (Å²) in [6.07, 6.45) is 0. The first kappa shape index (κ1) is 20.6. The van der Waals surface area contributed by atoms with Gasteiger partial charge in [-0.25, -0.2) is 0 Å². The van der Waals surface area contributed by atoms with E-state index in [2.05, 4.69) is 0 Å². The Hall–Kier alpha value is -2.76. The summed E-state index contributed by atoms with van der Waals surface area (Å²) in [4.78, 5) is 27.0. The minimum absolute atomic E-state index is 0.222. The Morgan fingerprint density at radius 2 is 1.74 bits per heavy atom. The van der Waals surface area contributed by atoms with Gasteiger partial charge in [0.1, 0.15) is 12.2 Å². The Kier molecular flexibility index (Phi) is 7.05. The molecule has 2 aromatic rings. The molecule has 0 unspecified atom stereocenters. The lowest BCUT2D eigenvalue weighted by atomic mass is 10.1. The standard InChI is InChI=1S/C21H28N2O4/c1-6-23-16(4)14-15(3)19(21(23)25)20(24)22(5)12-13-27-18-11-9-8-10-17(18)26-7-2/h8-11,14H,6-7,12-13H2,1-5H3. The lowest BCUT2D eigenvalue weighted by molar-refractivity contribution is 0.0770. The van der Waals surface area contributed by atoms with Gasteiger partial charge < -0.3 is 18.9 Å². The summed E-state index contributed by atoms with van der Waals surface area (Å²) in [5.74, 6) is 1.02. The van der Waals surface area contributed by atoms with Gasteiger partial charge in [-0.3, -0.25) is 9.59 Å². The van der Waals surface area contributed by atoms with Crippen molar-refractivity contribution in [2.24, 2.45) is 0 Å². The number of para-hydroxylation sites is 2. The van der Waals surface area contributed by atoms with Gasteiger partial charge in [-0.05, 0) is 51.5 Å². The third-order valence-electron chi connectivity index (χ3n) is 4.41. The summed E-state index contributed by atoms with van der Waals surface area (Å²) in [5, 5.41) is 0. The molecule has 0 saturated carbocycles. The second kappa shape index (κ2) is 9.26. The van der Waals surface area contributed by atoms with Gasteiger partial charge in [-0.15, -0.1) is 0 Å². The van der Waals surface area contributed by atoms with E-state index in [4.69, 9.17) is 9.47 Å². The van der Waals surface area contributed by atoms with Crippen molar-refractivity contribution < 1.29 is 14.3 Å². The summed E-state index contributed by atoms with van der Waals surface area (Å²) in [6.45, 7) is 9.23. The molecule has 2 rings (SSSR count). The highest BCUT2D eigenvalue weighted by molar-refractivity contribution is 5.95. The first-order valence-electron chi connectivity index (χ1n) is 9.21. The van der Waals surface area contributed by atoms with Crippen LogP contribution in [0.2, 0.25) is 0 Å². The number of likely N-dealkylation sites (N-methyl/N-ethyl adjacent to an activating group) is 1.